The normalized spacial score (nSPS) is 18.4. The number of halogens is 2. The molecule has 0 radical (unpaired) electrons. The first-order chi connectivity index (χ1) is 14.9. The van der Waals surface area contributed by atoms with Gasteiger partial charge in [-0.1, -0.05) is 23.7 Å². The second-order valence-electron chi connectivity index (χ2n) is 7.74. The van der Waals surface area contributed by atoms with Crippen LogP contribution in [0.5, 0.6) is 5.75 Å². The molecule has 0 aromatic heterocycles. The molecular formula is C23H28ClFN2O4. The van der Waals surface area contributed by atoms with Crippen LogP contribution in [0.4, 0.5) is 4.39 Å². The van der Waals surface area contributed by atoms with Crippen LogP contribution in [-0.2, 0) is 11.2 Å². The third kappa shape index (κ3) is 7.47. The van der Waals surface area contributed by atoms with E-state index in [4.69, 9.17) is 26.8 Å². The highest BCUT2D eigenvalue weighted by Gasteiger charge is 2.21. The van der Waals surface area contributed by atoms with Gasteiger partial charge in [-0.3, -0.25) is 9.69 Å². The summed E-state index contributed by atoms with van der Waals surface area (Å²) in [6, 6.07) is 11.1. The van der Waals surface area contributed by atoms with Gasteiger partial charge in [-0.25, -0.2) is 4.39 Å². The Kier molecular flexibility index (Phi) is 8.66. The van der Waals surface area contributed by atoms with Gasteiger partial charge in [0.25, 0.3) is 5.91 Å². The van der Waals surface area contributed by atoms with Crippen LogP contribution >= 0.6 is 11.6 Å². The molecule has 2 aromatic carbocycles. The van der Waals surface area contributed by atoms with Gasteiger partial charge in [0.1, 0.15) is 24.3 Å². The Labute approximate surface area is 186 Å². The van der Waals surface area contributed by atoms with Crippen molar-refractivity contribution in [1.29, 1.82) is 0 Å². The summed E-state index contributed by atoms with van der Waals surface area (Å²) in [5, 5.41) is 10.9. The molecule has 0 saturated carbocycles. The molecule has 8 heteroatoms. The van der Waals surface area contributed by atoms with Crippen molar-refractivity contribution in [2.75, 3.05) is 32.8 Å². The fraction of sp³-hybridized carbons (Fsp3) is 0.435. The molecule has 1 amide bonds. The lowest BCUT2D eigenvalue weighted by atomic mass is 10.1. The van der Waals surface area contributed by atoms with Crippen molar-refractivity contribution in [3.05, 3.63) is 64.4 Å². The zero-order valence-corrected chi connectivity index (χ0v) is 18.1. The standard InChI is InChI=1S/C23H28ClFN2O4/c24-17-5-9-22(21(12-17)23(26)29)31-15-19(28)13-27-10-1-11-30-20(14-27)8-4-16-2-6-18(25)7-3-16/h2-3,5-7,9,12,19-20,28H,1,4,8,10-11,13-15H2,(H2,26,29). The summed E-state index contributed by atoms with van der Waals surface area (Å²) in [4.78, 5) is 13.7. The second kappa shape index (κ2) is 11.4. The van der Waals surface area contributed by atoms with Gasteiger partial charge in [-0.05, 0) is 55.2 Å². The van der Waals surface area contributed by atoms with Gasteiger partial charge in [0.05, 0.1) is 11.7 Å². The lowest BCUT2D eigenvalue weighted by Gasteiger charge is -2.26. The highest BCUT2D eigenvalue weighted by Crippen LogP contribution is 2.23. The molecular weight excluding hydrogens is 423 g/mol. The van der Waals surface area contributed by atoms with E-state index in [0.29, 0.717) is 30.5 Å². The number of aliphatic hydroxyl groups is 1. The Balaban J connectivity index is 1.49. The molecule has 2 aromatic rings. The van der Waals surface area contributed by atoms with Gasteiger partial charge < -0.3 is 20.3 Å². The van der Waals surface area contributed by atoms with E-state index in [0.717, 1.165) is 31.4 Å². The number of benzene rings is 2. The third-order valence-corrected chi connectivity index (χ3v) is 5.44. The van der Waals surface area contributed by atoms with Gasteiger partial charge in [0, 0.05) is 31.3 Å². The van der Waals surface area contributed by atoms with Crippen LogP contribution in [-0.4, -0.2) is 61.0 Å². The molecule has 1 saturated heterocycles. The molecule has 0 aliphatic carbocycles. The molecule has 1 fully saturated rings. The van der Waals surface area contributed by atoms with Crippen molar-refractivity contribution in [2.45, 2.75) is 31.5 Å². The van der Waals surface area contributed by atoms with Crippen LogP contribution < -0.4 is 10.5 Å². The summed E-state index contributed by atoms with van der Waals surface area (Å²) in [6.07, 6.45) is 1.80. The number of rotatable bonds is 9. The molecule has 0 spiro atoms. The minimum absolute atomic E-state index is 0.0273. The number of ether oxygens (including phenoxy) is 2. The lowest BCUT2D eigenvalue weighted by molar-refractivity contribution is 0.0320. The molecule has 3 rings (SSSR count). The molecule has 6 nitrogen and oxygen atoms in total. The van der Waals surface area contributed by atoms with Gasteiger partial charge in [0.15, 0.2) is 0 Å². The smallest absolute Gasteiger partial charge is 0.252 e. The van der Waals surface area contributed by atoms with E-state index in [9.17, 15) is 14.3 Å². The number of nitrogens with two attached hydrogens (primary N) is 1. The zero-order valence-electron chi connectivity index (χ0n) is 17.3. The highest BCUT2D eigenvalue weighted by atomic mass is 35.5. The molecule has 168 valence electrons. The summed E-state index contributed by atoms with van der Waals surface area (Å²) in [5.41, 5.74) is 6.62. The monoisotopic (exact) mass is 450 g/mol. The van der Waals surface area contributed by atoms with Crippen molar-refractivity contribution >= 4 is 17.5 Å². The minimum atomic E-state index is -0.743. The van der Waals surface area contributed by atoms with E-state index in [2.05, 4.69) is 4.90 Å². The summed E-state index contributed by atoms with van der Waals surface area (Å²) in [7, 11) is 0. The van der Waals surface area contributed by atoms with Crippen molar-refractivity contribution in [3.63, 3.8) is 0 Å². The third-order valence-electron chi connectivity index (χ3n) is 5.21. The number of carbonyl (C=O) groups is 1. The van der Waals surface area contributed by atoms with Gasteiger partial charge in [-0.15, -0.1) is 0 Å². The Morgan fingerprint density at radius 1 is 1.32 bits per heavy atom. The highest BCUT2D eigenvalue weighted by molar-refractivity contribution is 6.31. The van der Waals surface area contributed by atoms with Crippen LogP contribution in [0.1, 0.15) is 28.8 Å². The summed E-state index contributed by atoms with van der Waals surface area (Å²) >= 11 is 5.91. The number of hydrogen-bond acceptors (Lipinski definition) is 5. The van der Waals surface area contributed by atoms with Gasteiger partial charge in [0.2, 0.25) is 0 Å². The Morgan fingerprint density at radius 2 is 2.10 bits per heavy atom. The molecule has 2 unspecified atom stereocenters. The van der Waals surface area contributed by atoms with E-state index in [-0.39, 0.29) is 24.1 Å². The fourth-order valence-electron chi connectivity index (χ4n) is 3.65. The number of β-amino-alcohol motifs (C(OH)–C–C–N with tert-alkyl or cyclic N) is 1. The average molecular weight is 451 g/mol. The largest absolute Gasteiger partial charge is 0.490 e. The van der Waals surface area contributed by atoms with Crippen LogP contribution in [0.25, 0.3) is 0 Å². The number of primary amides is 1. The van der Waals surface area contributed by atoms with Crippen molar-refractivity contribution in [3.8, 4) is 5.75 Å². The zero-order chi connectivity index (χ0) is 22.2. The maximum atomic E-state index is 13.1. The number of amides is 1. The topological polar surface area (TPSA) is 85.0 Å². The predicted molar refractivity (Wildman–Crippen MR) is 117 cm³/mol. The molecule has 31 heavy (non-hydrogen) atoms. The van der Waals surface area contributed by atoms with E-state index in [1.807, 2.05) is 0 Å². The Bertz CT molecular complexity index is 865. The van der Waals surface area contributed by atoms with Crippen molar-refractivity contribution in [1.82, 2.24) is 4.90 Å². The van der Waals surface area contributed by atoms with Crippen molar-refractivity contribution < 1.29 is 23.8 Å². The number of carbonyl (C=O) groups excluding carboxylic acids is 1. The number of aryl methyl sites for hydroxylation is 1. The van der Waals surface area contributed by atoms with E-state index < -0.39 is 12.0 Å². The maximum absolute atomic E-state index is 13.1. The van der Waals surface area contributed by atoms with Crippen LogP contribution in [0, 0.1) is 5.82 Å². The molecule has 1 aliphatic heterocycles. The average Bonchev–Trinajstić information content (AvgIpc) is 2.97. The van der Waals surface area contributed by atoms with E-state index in [1.54, 1.807) is 24.3 Å². The van der Waals surface area contributed by atoms with E-state index >= 15 is 0 Å². The number of hydrogen-bond donors (Lipinski definition) is 2. The Morgan fingerprint density at radius 3 is 2.84 bits per heavy atom. The van der Waals surface area contributed by atoms with E-state index in [1.165, 1.54) is 18.2 Å². The molecule has 0 bridgehead atoms. The van der Waals surface area contributed by atoms with Crippen LogP contribution in [0.2, 0.25) is 5.02 Å². The first-order valence-electron chi connectivity index (χ1n) is 10.4. The minimum Gasteiger partial charge on any atom is -0.490 e. The van der Waals surface area contributed by atoms with Crippen LogP contribution in [0.15, 0.2) is 42.5 Å². The number of aliphatic hydroxyl groups excluding tert-OH is 1. The predicted octanol–water partition coefficient (Wildman–Crippen LogP) is 3.04. The van der Waals surface area contributed by atoms with Crippen LogP contribution in [0.3, 0.4) is 0 Å². The Hall–Kier alpha value is -2.19. The molecule has 2 atom stereocenters. The molecule has 3 N–H and O–H groups in total. The summed E-state index contributed by atoms with van der Waals surface area (Å²) in [6.45, 7) is 2.64. The quantitative estimate of drug-likeness (QED) is 0.613. The first-order valence-corrected chi connectivity index (χ1v) is 10.8. The second-order valence-corrected chi connectivity index (χ2v) is 8.18. The lowest BCUT2D eigenvalue weighted by Crippen LogP contribution is -2.39. The van der Waals surface area contributed by atoms with Gasteiger partial charge >= 0.3 is 0 Å². The number of nitrogens with zero attached hydrogens (tertiary/aromatic N) is 1. The van der Waals surface area contributed by atoms with Crippen molar-refractivity contribution in [2.24, 2.45) is 5.73 Å². The summed E-state index contributed by atoms with van der Waals surface area (Å²) < 4.78 is 24.6. The molecule has 1 heterocycles. The maximum Gasteiger partial charge on any atom is 0.252 e. The fourth-order valence-corrected chi connectivity index (χ4v) is 3.82. The summed E-state index contributed by atoms with van der Waals surface area (Å²) in [5.74, 6) is -0.577. The SMILES string of the molecule is NC(=O)c1cc(Cl)ccc1OCC(O)CN1CCCOC(CCc2ccc(F)cc2)C1. The first kappa shape index (κ1) is 23.5. The molecule has 1 aliphatic rings. The van der Waals surface area contributed by atoms with Gasteiger partial charge in [-0.2, -0.15) is 0 Å².